The molecule has 2 aromatic heterocycles. The highest BCUT2D eigenvalue weighted by molar-refractivity contribution is 6.12. The number of furan rings is 1. The molecule has 0 aliphatic carbocycles. The first-order valence-corrected chi connectivity index (χ1v) is 9.24. The molecule has 4 heteroatoms. The van der Waals surface area contributed by atoms with Crippen molar-refractivity contribution in [3.8, 4) is 11.3 Å². The van der Waals surface area contributed by atoms with Crippen LogP contribution in [-0.4, -0.2) is 9.97 Å². The van der Waals surface area contributed by atoms with E-state index in [1.807, 2.05) is 18.2 Å². The van der Waals surface area contributed by atoms with Crippen LogP contribution in [0, 0.1) is 6.57 Å². The minimum absolute atomic E-state index is 0.375. The van der Waals surface area contributed by atoms with Crippen LogP contribution < -0.4 is 0 Å². The minimum Gasteiger partial charge on any atom is -0.455 e. The van der Waals surface area contributed by atoms with E-state index in [-0.39, 0.29) is 0 Å². The summed E-state index contributed by atoms with van der Waals surface area (Å²) in [5.41, 5.74) is 6.06. The van der Waals surface area contributed by atoms with Crippen LogP contribution >= 0.6 is 0 Å². The molecule has 0 saturated carbocycles. The summed E-state index contributed by atoms with van der Waals surface area (Å²) in [6, 6.07) is 18.0. The van der Waals surface area contributed by atoms with Crippen molar-refractivity contribution in [1.29, 1.82) is 0 Å². The Hall–Kier alpha value is -3.71. The molecule has 0 amide bonds. The second-order valence-electron chi connectivity index (χ2n) is 7.20. The predicted octanol–water partition coefficient (Wildman–Crippen LogP) is 6.87. The molecule has 2 heterocycles. The van der Waals surface area contributed by atoms with Gasteiger partial charge in [0.1, 0.15) is 17.5 Å². The normalized spacial score (nSPS) is 11.5. The van der Waals surface area contributed by atoms with E-state index >= 15 is 0 Å². The van der Waals surface area contributed by atoms with Crippen LogP contribution in [0.2, 0.25) is 0 Å². The van der Waals surface area contributed by atoms with Gasteiger partial charge in [-0.25, -0.2) is 14.8 Å². The topological polar surface area (TPSA) is 43.3 Å². The number of hydrogen-bond donors (Lipinski definition) is 0. The van der Waals surface area contributed by atoms with E-state index in [2.05, 4.69) is 52.9 Å². The number of para-hydroxylation sites is 2. The van der Waals surface area contributed by atoms with Crippen molar-refractivity contribution in [2.24, 2.45) is 0 Å². The Labute approximate surface area is 162 Å². The van der Waals surface area contributed by atoms with Gasteiger partial charge in [-0.05, 0) is 23.6 Å². The van der Waals surface area contributed by atoms with Gasteiger partial charge in [0.05, 0.1) is 17.8 Å². The smallest absolute Gasteiger partial charge is 0.189 e. The van der Waals surface area contributed by atoms with Gasteiger partial charge >= 0.3 is 0 Å². The van der Waals surface area contributed by atoms with Gasteiger partial charge in [-0.1, -0.05) is 56.3 Å². The van der Waals surface area contributed by atoms with Crippen molar-refractivity contribution < 1.29 is 4.42 Å². The maximum Gasteiger partial charge on any atom is 0.189 e. The molecule has 0 spiro atoms. The Kier molecular flexibility index (Phi) is 3.63. The fourth-order valence-corrected chi connectivity index (χ4v) is 3.81. The second-order valence-corrected chi connectivity index (χ2v) is 7.20. The summed E-state index contributed by atoms with van der Waals surface area (Å²) in [4.78, 5) is 12.4. The van der Waals surface area contributed by atoms with Crippen molar-refractivity contribution in [2.45, 2.75) is 19.8 Å². The van der Waals surface area contributed by atoms with E-state index in [0.717, 1.165) is 44.1 Å². The van der Waals surface area contributed by atoms with Crippen LogP contribution in [0.3, 0.4) is 0 Å². The molecular formula is C24H17N3O. The Morgan fingerprint density at radius 1 is 0.893 bits per heavy atom. The monoisotopic (exact) mass is 363 g/mol. The van der Waals surface area contributed by atoms with Gasteiger partial charge in [0.2, 0.25) is 0 Å². The number of hydrogen-bond acceptors (Lipinski definition) is 3. The van der Waals surface area contributed by atoms with Crippen molar-refractivity contribution in [3.05, 3.63) is 77.9 Å². The Morgan fingerprint density at radius 3 is 2.46 bits per heavy atom. The van der Waals surface area contributed by atoms with Crippen molar-refractivity contribution in [1.82, 2.24) is 9.97 Å². The molecule has 0 N–H and O–H groups in total. The number of aromatic nitrogens is 2. The zero-order valence-electron chi connectivity index (χ0n) is 15.6. The zero-order chi connectivity index (χ0) is 19.3. The van der Waals surface area contributed by atoms with Crippen molar-refractivity contribution in [2.75, 3.05) is 0 Å². The summed E-state index contributed by atoms with van der Waals surface area (Å²) < 4.78 is 6.42. The summed E-state index contributed by atoms with van der Waals surface area (Å²) >= 11 is 0. The highest BCUT2D eigenvalue weighted by Crippen LogP contribution is 2.39. The lowest BCUT2D eigenvalue weighted by Gasteiger charge is -2.06. The Balaban J connectivity index is 1.86. The maximum absolute atomic E-state index is 7.23. The zero-order valence-corrected chi connectivity index (χ0v) is 15.6. The van der Waals surface area contributed by atoms with Crippen LogP contribution in [0.1, 0.15) is 25.3 Å². The third-order valence-corrected chi connectivity index (χ3v) is 5.18. The van der Waals surface area contributed by atoms with Crippen LogP contribution in [0.15, 0.2) is 65.3 Å². The van der Waals surface area contributed by atoms with E-state index in [1.165, 1.54) is 5.56 Å². The van der Waals surface area contributed by atoms with E-state index in [1.54, 1.807) is 18.5 Å². The highest BCUT2D eigenvalue weighted by Gasteiger charge is 2.17. The third kappa shape index (κ3) is 2.37. The summed E-state index contributed by atoms with van der Waals surface area (Å²) in [5, 5.41) is 3.11. The summed E-state index contributed by atoms with van der Waals surface area (Å²) in [5.74, 6) is 0.375. The van der Waals surface area contributed by atoms with Crippen LogP contribution in [0.25, 0.3) is 48.9 Å². The maximum atomic E-state index is 7.23. The average molecular weight is 363 g/mol. The van der Waals surface area contributed by atoms with Crippen LogP contribution in [0.4, 0.5) is 5.69 Å². The molecule has 5 aromatic rings. The molecule has 4 nitrogen and oxygen atoms in total. The number of benzene rings is 3. The molecule has 134 valence electrons. The third-order valence-electron chi connectivity index (χ3n) is 5.18. The molecular weight excluding hydrogens is 346 g/mol. The lowest BCUT2D eigenvalue weighted by atomic mass is 9.99. The molecule has 0 unspecified atom stereocenters. The van der Waals surface area contributed by atoms with Crippen molar-refractivity contribution in [3.63, 3.8) is 0 Å². The van der Waals surface area contributed by atoms with Gasteiger partial charge in [0.25, 0.3) is 0 Å². The number of fused-ring (bicyclic) bond motifs is 4. The molecule has 0 atom stereocenters. The van der Waals surface area contributed by atoms with Crippen molar-refractivity contribution >= 4 is 38.5 Å². The largest absolute Gasteiger partial charge is 0.455 e. The number of nitrogens with zero attached hydrogens (tertiary/aromatic N) is 3. The molecule has 5 rings (SSSR count). The fraction of sp³-hybridized carbons (Fsp3) is 0.125. The Morgan fingerprint density at radius 2 is 1.68 bits per heavy atom. The molecule has 28 heavy (non-hydrogen) atoms. The quantitative estimate of drug-likeness (QED) is 0.321. The minimum atomic E-state index is 0.375. The Bertz CT molecular complexity index is 1410. The summed E-state index contributed by atoms with van der Waals surface area (Å²) in [6.45, 7) is 11.6. The first-order chi connectivity index (χ1) is 13.7. The molecule has 0 bridgehead atoms. The summed E-state index contributed by atoms with van der Waals surface area (Å²) in [6.07, 6.45) is 1.55. The van der Waals surface area contributed by atoms with Gasteiger partial charge in [-0.15, -0.1) is 0 Å². The van der Waals surface area contributed by atoms with Crippen LogP contribution in [0.5, 0.6) is 0 Å². The lowest BCUT2D eigenvalue weighted by molar-refractivity contribution is 0.658. The predicted molar refractivity (Wildman–Crippen MR) is 113 cm³/mol. The first-order valence-electron chi connectivity index (χ1n) is 9.24. The highest BCUT2D eigenvalue weighted by atomic mass is 16.3. The van der Waals surface area contributed by atoms with Gasteiger partial charge in [0.15, 0.2) is 5.69 Å². The SMILES string of the molecule is [C-]#[N+]c1ccc2c(-c3cccc4c3oc3c(C(C)C)cccc34)ncnc2c1. The molecule has 0 radical (unpaired) electrons. The van der Waals surface area contributed by atoms with Gasteiger partial charge < -0.3 is 4.42 Å². The van der Waals surface area contributed by atoms with Gasteiger partial charge in [0, 0.05) is 21.7 Å². The standard InChI is InChI=1S/C24H17N3O/c1-14(2)16-6-4-7-17-18-8-5-9-20(24(18)28-23(16)17)22-19-11-10-15(25-3)12-21(19)26-13-27-22/h4-14H,1-2H3. The van der Waals surface area contributed by atoms with Gasteiger partial charge in [-0.2, -0.15) is 0 Å². The molecule has 0 aliphatic heterocycles. The molecule has 0 fully saturated rings. The van der Waals surface area contributed by atoms with E-state index in [0.29, 0.717) is 11.6 Å². The fourth-order valence-electron chi connectivity index (χ4n) is 3.81. The lowest BCUT2D eigenvalue weighted by Crippen LogP contribution is -1.89. The summed E-state index contributed by atoms with van der Waals surface area (Å²) in [7, 11) is 0. The second kappa shape index (κ2) is 6.17. The average Bonchev–Trinajstić information content (AvgIpc) is 3.11. The van der Waals surface area contributed by atoms with E-state index in [4.69, 9.17) is 11.0 Å². The van der Waals surface area contributed by atoms with Gasteiger partial charge in [-0.3, -0.25) is 0 Å². The van der Waals surface area contributed by atoms with E-state index < -0.39 is 0 Å². The molecule has 3 aromatic carbocycles. The molecule has 0 aliphatic rings. The molecule has 0 saturated heterocycles. The van der Waals surface area contributed by atoms with Crippen LogP contribution in [-0.2, 0) is 0 Å². The van der Waals surface area contributed by atoms with E-state index in [9.17, 15) is 0 Å². The first kappa shape index (κ1) is 16.5. The number of rotatable bonds is 2.